The first-order chi connectivity index (χ1) is 17.6. The van der Waals surface area contributed by atoms with Crippen molar-refractivity contribution in [2.75, 3.05) is 6.54 Å². The number of fused-ring (bicyclic) bond motifs is 4. The molecule has 0 bridgehead atoms. The van der Waals surface area contributed by atoms with Gasteiger partial charge in [-0.05, 0) is 65.2 Å². The number of Topliss-reactive ketones (excluding diaryl/α,β-unsaturated/α-hetero) is 1. The zero-order valence-corrected chi connectivity index (χ0v) is 22.5. The van der Waals surface area contributed by atoms with Crippen molar-refractivity contribution in [1.29, 1.82) is 0 Å². The summed E-state index contributed by atoms with van der Waals surface area (Å²) >= 11 is 0. The van der Waals surface area contributed by atoms with Crippen LogP contribution in [0.15, 0.2) is 0 Å². The van der Waals surface area contributed by atoms with E-state index in [1.165, 1.54) is 0 Å². The fourth-order valence-electron chi connectivity index (χ4n) is 8.54. The minimum Gasteiger partial charge on any atom is -0.457 e. The Hall–Kier alpha value is -1.10. The molecule has 1 saturated carbocycles. The predicted octanol–water partition coefficient (Wildman–Crippen LogP) is 0.795. The van der Waals surface area contributed by atoms with Gasteiger partial charge in [-0.25, -0.2) is 4.79 Å². The summed E-state index contributed by atoms with van der Waals surface area (Å²) in [5.74, 6) is -0.490. The van der Waals surface area contributed by atoms with Gasteiger partial charge in [-0.15, -0.1) is 0 Å². The summed E-state index contributed by atoms with van der Waals surface area (Å²) in [6.07, 6.45) is 5.25. The molecule has 6 fully saturated rings. The lowest BCUT2D eigenvalue weighted by Gasteiger charge is -2.57. The molecule has 6 rings (SSSR count). The second-order valence-corrected chi connectivity index (χ2v) is 13.3. The molecule has 6 aliphatic rings. The lowest BCUT2D eigenvalue weighted by molar-refractivity contribution is -0.699. The molecule has 0 aromatic rings. The average Bonchev–Trinajstić information content (AvgIpc) is 3.52. The van der Waals surface area contributed by atoms with Crippen LogP contribution in [0.4, 0.5) is 0 Å². The number of ketones is 1. The molecule has 208 valence electrons. The minimum atomic E-state index is -0.858. The first kappa shape index (κ1) is 26.1. The molecule has 0 aromatic carbocycles. The Balaban J connectivity index is 1.16. The molecule has 5 N–H and O–H groups in total. The van der Waals surface area contributed by atoms with Gasteiger partial charge in [0, 0.05) is 31.1 Å². The van der Waals surface area contributed by atoms with Gasteiger partial charge in [0.15, 0.2) is 5.60 Å². The Bertz CT molecular complexity index is 913. The van der Waals surface area contributed by atoms with Crippen molar-refractivity contribution < 1.29 is 39.0 Å². The number of ether oxygens (including phenoxy) is 4. The van der Waals surface area contributed by atoms with Crippen molar-refractivity contribution in [2.24, 2.45) is 29.4 Å². The quantitative estimate of drug-likeness (QED) is 0.366. The molecule has 0 radical (unpaired) electrons. The molecule has 5 heterocycles. The summed E-state index contributed by atoms with van der Waals surface area (Å²) in [7, 11) is 0. The topological polar surface area (TPSA) is 137 Å². The summed E-state index contributed by atoms with van der Waals surface area (Å²) in [4.78, 5) is 26.5. The van der Waals surface area contributed by atoms with Crippen molar-refractivity contribution in [3.63, 3.8) is 0 Å². The van der Waals surface area contributed by atoms with Crippen LogP contribution in [-0.4, -0.2) is 77.4 Å². The second kappa shape index (κ2) is 9.52. The molecular formula is C28H45N2O7+. The number of hydrogen-bond acceptors (Lipinski definition) is 8. The molecule has 12 atom stereocenters. The third kappa shape index (κ3) is 4.57. The Morgan fingerprint density at radius 1 is 1.11 bits per heavy atom. The van der Waals surface area contributed by atoms with Crippen LogP contribution in [0.25, 0.3) is 0 Å². The normalized spacial score (nSPS) is 51.2. The molecule has 1 aliphatic carbocycles. The molecule has 5 saturated heterocycles. The average molecular weight is 522 g/mol. The summed E-state index contributed by atoms with van der Waals surface area (Å²) < 4.78 is 25.0. The van der Waals surface area contributed by atoms with Gasteiger partial charge in [-0.3, -0.25) is 10.5 Å². The monoisotopic (exact) mass is 521 g/mol. The van der Waals surface area contributed by atoms with E-state index in [-0.39, 0.29) is 54.2 Å². The SMILES string of the molecule is CC1CC(=O)C2C(CC3OC(C)(C)[C@@H]4OC(=O)[C@]5(CCC[C@H]4C3C2O)O[C@@H]5CCC2CC[NH2+]C(N)C2)O1. The zero-order chi connectivity index (χ0) is 26.1. The molecule has 1 spiro atoms. The zero-order valence-electron chi connectivity index (χ0n) is 22.5. The molecule has 9 nitrogen and oxygen atoms in total. The summed E-state index contributed by atoms with van der Waals surface area (Å²) in [6.45, 7) is 6.93. The smallest absolute Gasteiger partial charge is 0.341 e. The predicted molar refractivity (Wildman–Crippen MR) is 132 cm³/mol. The summed E-state index contributed by atoms with van der Waals surface area (Å²) in [6, 6.07) is 0. The molecule has 0 aromatic heterocycles. The van der Waals surface area contributed by atoms with Gasteiger partial charge < -0.3 is 29.4 Å². The highest BCUT2D eigenvalue weighted by Gasteiger charge is 2.67. The lowest BCUT2D eigenvalue weighted by atomic mass is 9.61. The molecular weight excluding hydrogens is 476 g/mol. The van der Waals surface area contributed by atoms with Gasteiger partial charge in [0.1, 0.15) is 23.7 Å². The summed E-state index contributed by atoms with van der Waals surface area (Å²) in [5, 5.41) is 13.7. The van der Waals surface area contributed by atoms with Gasteiger partial charge in [0.2, 0.25) is 0 Å². The highest BCUT2D eigenvalue weighted by molar-refractivity contribution is 5.84. The van der Waals surface area contributed by atoms with Crippen LogP contribution in [0.3, 0.4) is 0 Å². The molecule has 5 aliphatic heterocycles. The van der Waals surface area contributed by atoms with E-state index in [4.69, 9.17) is 24.7 Å². The fraction of sp³-hybridized carbons (Fsp3) is 0.929. The van der Waals surface area contributed by atoms with E-state index in [0.717, 1.165) is 45.1 Å². The molecule has 9 heteroatoms. The Morgan fingerprint density at radius 3 is 2.70 bits per heavy atom. The number of rotatable bonds is 3. The first-order valence-electron chi connectivity index (χ1n) is 14.6. The lowest BCUT2D eigenvalue weighted by Crippen LogP contribution is -2.94. The van der Waals surface area contributed by atoms with Gasteiger partial charge in [-0.2, -0.15) is 0 Å². The van der Waals surface area contributed by atoms with E-state index in [2.05, 4.69) is 5.32 Å². The number of epoxide rings is 1. The number of esters is 1. The Labute approximate surface area is 219 Å². The van der Waals surface area contributed by atoms with Gasteiger partial charge in [-0.1, -0.05) is 0 Å². The van der Waals surface area contributed by atoms with E-state index in [9.17, 15) is 14.7 Å². The van der Waals surface area contributed by atoms with Crippen LogP contribution >= 0.6 is 0 Å². The van der Waals surface area contributed by atoms with Crippen LogP contribution < -0.4 is 11.1 Å². The molecule has 0 amide bonds. The highest BCUT2D eigenvalue weighted by Crippen LogP contribution is 2.54. The van der Waals surface area contributed by atoms with Gasteiger partial charge in [0.25, 0.3) is 0 Å². The Morgan fingerprint density at radius 2 is 1.92 bits per heavy atom. The van der Waals surface area contributed by atoms with Crippen LogP contribution in [0.1, 0.15) is 78.6 Å². The maximum atomic E-state index is 13.6. The number of carbonyl (C=O) groups is 2. The third-order valence-electron chi connectivity index (χ3n) is 10.3. The van der Waals surface area contributed by atoms with Crippen molar-refractivity contribution in [2.45, 2.75) is 133 Å². The number of aliphatic hydroxyl groups excluding tert-OH is 1. The number of hydrogen-bond donors (Lipinski definition) is 3. The van der Waals surface area contributed by atoms with Gasteiger partial charge >= 0.3 is 5.97 Å². The third-order valence-corrected chi connectivity index (χ3v) is 10.3. The van der Waals surface area contributed by atoms with Crippen LogP contribution in [0, 0.1) is 23.7 Å². The molecule has 37 heavy (non-hydrogen) atoms. The highest BCUT2D eigenvalue weighted by atomic mass is 16.7. The van der Waals surface area contributed by atoms with Gasteiger partial charge in [0.05, 0.1) is 43.0 Å². The first-order valence-corrected chi connectivity index (χ1v) is 14.6. The van der Waals surface area contributed by atoms with Crippen molar-refractivity contribution in [3.05, 3.63) is 0 Å². The maximum absolute atomic E-state index is 13.6. The van der Waals surface area contributed by atoms with Crippen molar-refractivity contribution in [1.82, 2.24) is 0 Å². The van der Waals surface area contributed by atoms with E-state index in [0.29, 0.717) is 25.2 Å². The standard InChI is InChI=1S/C28H44N2O7/c1-14-11-17(31)23-18(34-14)13-19-22(24(23)32)16-5-4-9-28(26(33)35-25(16)27(2,3)36-19)20(37-28)7-6-15-8-10-30-21(29)12-15/h14-16,18-25,30,32H,4-13,29H2,1-3H3/p+1/t14?,15?,16-,18?,19?,20+,21?,22?,23?,24?,25+,28+/m0/s1. The second-order valence-electron chi connectivity index (χ2n) is 13.3. The Kier molecular flexibility index (Phi) is 6.73. The maximum Gasteiger partial charge on any atom is 0.341 e. The van der Waals surface area contributed by atoms with Crippen molar-refractivity contribution >= 4 is 11.8 Å². The number of piperidine rings is 1. The minimum absolute atomic E-state index is 0.0731. The van der Waals surface area contributed by atoms with E-state index in [1.54, 1.807) is 0 Å². The summed E-state index contributed by atoms with van der Waals surface area (Å²) in [5.41, 5.74) is 4.56. The van der Waals surface area contributed by atoms with E-state index in [1.807, 2.05) is 20.8 Å². The van der Waals surface area contributed by atoms with Crippen molar-refractivity contribution in [3.8, 4) is 0 Å². The number of aliphatic hydroxyl groups is 1. The fourth-order valence-corrected chi connectivity index (χ4v) is 8.54. The number of quaternary nitrogens is 1. The van der Waals surface area contributed by atoms with Crippen LogP contribution in [0.2, 0.25) is 0 Å². The molecule has 8 unspecified atom stereocenters. The largest absolute Gasteiger partial charge is 0.457 e. The van der Waals surface area contributed by atoms with E-state index >= 15 is 0 Å². The van der Waals surface area contributed by atoms with Crippen LogP contribution in [-0.2, 0) is 28.5 Å². The van der Waals surface area contributed by atoms with E-state index < -0.39 is 29.3 Å². The number of nitrogens with two attached hydrogens (primary N) is 2. The number of carbonyl (C=O) groups excluding carboxylic acids is 2. The van der Waals surface area contributed by atoms with Crippen LogP contribution in [0.5, 0.6) is 0 Å².